The Kier molecular flexibility index (Phi) is 6.02. The third-order valence-corrected chi connectivity index (χ3v) is 3.96. The number of nitrogens with one attached hydrogen (secondary N) is 1. The smallest absolute Gasteiger partial charge is 0.307 e. The highest BCUT2D eigenvalue weighted by molar-refractivity contribution is 5.70. The molecule has 0 spiro atoms. The van der Waals surface area contributed by atoms with E-state index in [0.29, 0.717) is 19.1 Å². The van der Waals surface area contributed by atoms with Gasteiger partial charge < -0.3 is 5.11 Å². The number of hydrogen-bond donors (Lipinski definition) is 2. The quantitative estimate of drug-likeness (QED) is 0.566. The molecule has 0 radical (unpaired) electrons. The first kappa shape index (κ1) is 15.0. The van der Waals surface area contributed by atoms with E-state index < -0.39 is 5.97 Å². The molecular weight excluding hydrogens is 254 g/mol. The van der Waals surface area contributed by atoms with Crippen molar-refractivity contribution in [2.45, 2.75) is 38.7 Å². The maximum atomic E-state index is 11.3. The van der Waals surface area contributed by atoms with E-state index in [9.17, 15) is 9.90 Å². The molecule has 0 aliphatic heterocycles. The van der Waals surface area contributed by atoms with Crippen LogP contribution in [0.1, 0.15) is 37.7 Å². The summed E-state index contributed by atoms with van der Waals surface area (Å²) < 4.78 is 0. The highest BCUT2D eigenvalue weighted by Crippen LogP contribution is 2.30. The van der Waals surface area contributed by atoms with Crippen LogP contribution in [-0.2, 0) is 16.2 Å². The molecule has 0 aromatic heterocycles. The summed E-state index contributed by atoms with van der Waals surface area (Å²) >= 11 is 0. The fourth-order valence-electron chi connectivity index (χ4n) is 2.79. The van der Waals surface area contributed by atoms with E-state index in [1.54, 1.807) is 0 Å². The van der Waals surface area contributed by atoms with Crippen LogP contribution in [0.2, 0.25) is 0 Å². The number of carbonyl (C=O) groups is 1. The Morgan fingerprint density at radius 1 is 1.30 bits per heavy atom. The van der Waals surface area contributed by atoms with Crippen molar-refractivity contribution >= 4 is 5.97 Å². The standard InChI is InChI=1S/C16H23NO3/c18-16(19)15(10-13-6-4-5-7-13)11-17-20-12-14-8-2-1-3-9-14/h1-3,8-9,13,15,17H,4-7,10-12H2,(H,18,19). The van der Waals surface area contributed by atoms with Crippen molar-refractivity contribution in [3.63, 3.8) is 0 Å². The summed E-state index contributed by atoms with van der Waals surface area (Å²) in [7, 11) is 0. The molecule has 1 aliphatic carbocycles. The monoisotopic (exact) mass is 277 g/mol. The van der Waals surface area contributed by atoms with Crippen LogP contribution in [0.4, 0.5) is 0 Å². The minimum Gasteiger partial charge on any atom is -0.481 e. The summed E-state index contributed by atoms with van der Waals surface area (Å²) in [5.41, 5.74) is 3.88. The first-order chi connectivity index (χ1) is 9.75. The van der Waals surface area contributed by atoms with E-state index in [-0.39, 0.29) is 5.92 Å². The number of carboxylic acid groups (broad SMARTS) is 1. The first-order valence-corrected chi connectivity index (χ1v) is 7.37. The van der Waals surface area contributed by atoms with Gasteiger partial charge in [0.25, 0.3) is 0 Å². The van der Waals surface area contributed by atoms with E-state index in [2.05, 4.69) is 5.48 Å². The van der Waals surface area contributed by atoms with Crippen LogP contribution >= 0.6 is 0 Å². The molecule has 2 rings (SSSR count). The molecule has 1 aromatic carbocycles. The van der Waals surface area contributed by atoms with Gasteiger partial charge in [0, 0.05) is 6.54 Å². The number of rotatable bonds is 8. The van der Waals surface area contributed by atoms with Crippen LogP contribution < -0.4 is 5.48 Å². The van der Waals surface area contributed by atoms with Gasteiger partial charge in [-0.25, -0.2) is 5.48 Å². The Balaban J connectivity index is 1.68. The Labute approximate surface area is 120 Å². The lowest BCUT2D eigenvalue weighted by molar-refractivity contribution is -0.143. The van der Waals surface area contributed by atoms with Crippen LogP contribution in [0, 0.1) is 11.8 Å². The van der Waals surface area contributed by atoms with E-state index >= 15 is 0 Å². The number of hydroxylamine groups is 1. The van der Waals surface area contributed by atoms with Gasteiger partial charge in [0.15, 0.2) is 0 Å². The van der Waals surface area contributed by atoms with Crippen LogP contribution in [-0.4, -0.2) is 17.6 Å². The first-order valence-electron chi connectivity index (χ1n) is 7.37. The van der Waals surface area contributed by atoms with Crippen molar-refractivity contribution in [1.29, 1.82) is 0 Å². The summed E-state index contributed by atoms with van der Waals surface area (Å²) in [4.78, 5) is 16.6. The fourth-order valence-corrected chi connectivity index (χ4v) is 2.79. The van der Waals surface area contributed by atoms with Crippen molar-refractivity contribution in [2.75, 3.05) is 6.54 Å². The summed E-state index contributed by atoms with van der Waals surface area (Å²) in [6, 6.07) is 9.83. The molecule has 1 atom stereocenters. The van der Waals surface area contributed by atoms with Gasteiger partial charge in [0.05, 0.1) is 12.5 Å². The lowest BCUT2D eigenvalue weighted by atomic mass is 9.93. The molecule has 4 nitrogen and oxygen atoms in total. The normalized spacial score (nSPS) is 17.2. The summed E-state index contributed by atoms with van der Waals surface area (Å²) in [5.74, 6) is -0.506. The lowest BCUT2D eigenvalue weighted by Crippen LogP contribution is -2.30. The Morgan fingerprint density at radius 2 is 2.00 bits per heavy atom. The second kappa shape index (κ2) is 8.02. The number of aliphatic carboxylic acids is 1. The zero-order valence-electron chi connectivity index (χ0n) is 11.8. The minimum absolute atomic E-state index is 0.353. The topological polar surface area (TPSA) is 58.6 Å². The van der Waals surface area contributed by atoms with Crippen molar-refractivity contribution in [3.05, 3.63) is 35.9 Å². The SMILES string of the molecule is O=C(O)C(CNOCc1ccccc1)CC1CCCC1. The molecule has 1 aromatic rings. The molecule has 1 unspecified atom stereocenters. The third kappa shape index (κ3) is 4.94. The largest absolute Gasteiger partial charge is 0.481 e. The molecule has 1 saturated carbocycles. The van der Waals surface area contributed by atoms with Crippen LogP contribution in [0.5, 0.6) is 0 Å². The number of hydrogen-bond acceptors (Lipinski definition) is 3. The highest BCUT2D eigenvalue weighted by atomic mass is 16.6. The zero-order valence-corrected chi connectivity index (χ0v) is 11.8. The zero-order chi connectivity index (χ0) is 14.2. The Hall–Kier alpha value is -1.39. The molecule has 1 fully saturated rings. The van der Waals surface area contributed by atoms with Crippen LogP contribution in [0.25, 0.3) is 0 Å². The predicted octanol–water partition coefficient (Wildman–Crippen LogP) is 2.99. The molecule has 0 amide bonds. The molecule has 110 valence electrons. The molecule has 1 aliphatic rings. The van der Waals surface area contributed by atoms with E-state index in [4.69, 9.17) is 4.84 Å². The molecule has 20 heavy (non-hydrogen) atoms. The third-order valence-electron chi connectivity index (χ3n) is 3.96. The van der Waals surface area contributed by atoms with Gasteiger partial charge in [-0.15, -0.1) is 0 Å². The molecule has 0 heterocycles. The van der Waals surface area contributed by atoms with Crippen molar-refractivity contribution in [1.82, 2.24) is 5.48 Å². The van der Waals surface area contributed by atoms with E-state index in [1.807, 2.05) is 30.3 Å². The minimum atomic E-state index is -0.729. The summed E-state index contributed by atoms with van der Waals surface area (Å²) in [5, 5.41) is 9.25. The molecular formula is C16H23NO3. The van der Waals surface area contributed by atoms with Gasteiger partial charge in [0.2, 0.25) is 0 Å². The summed E-state index contributed by atoms with van der Waals surface area (Å²) in [6.45, 7) is 0.829. The number of carboxylic acids is 1. The van der Waals surface area contributed by atoms with E-state index in [1.165, 1.54) is 25.7 Å². The van der Waals surface area contributed by atoms with E-state index in [0.717, 1.165) is 12.0 Å². The second-order valence-corrected chi connectivity index (χ2v) is 5.54. The van der Waals surface area contributed by atoms with Gasteiger partial charge in [-0.1, -0.05) is 56.0 Å². The maximum absolute atomic E-state index is 11.3. The molecule has 0 bridgehead atoms. The van der Waals surface area contributed by atoms with Crippen molar-refractivity contribution in [3.8, 4) is 0 Å². The Morgan fingerprint density at radius 3 is 2.65 bits per heavy atom. The lowest BCUT2D eigenvalue weighted by Gasteiger charge is -2.17. The van der Waals surface area contributed by atoms with Gasteiger partial charge in [-0.3, -0.25) is 9.63 Å². The predicted molar refractivity (Wildman–Crippen MR) is 76.9 cm³/mol. The van der Waals surface area contributed by atoms with Gasteiger partial charge >= 0.3 is 5.97 Å². The Bertz CT molecular complexity index is 401. The summed E-state index contributed by atoms with van der Waals surface area (Å²) in [6.07, 6.45) is 5.60. The fraction of sp³-hybridized carbons (Fsp3) is 0.562. The van der Waals surface area contributed by atoms with Gasteiger partial charge in [0.1, 0.15) is 0 Å². The molecule has 0 saturated heterocycles. The van der Waals surface area contributed by atoms with Crippen molar-refractivity contribution in [2.24, 2.45) is 11.8 Å². The number of benzene rings is 1. The maximum Gasteiger partial charge on any atom is 0.307 e. The molecule has 4 heteroatoms. The molecule has 2 N–H and O–H groups in total. The highest BCUT2D eigenvalue weighted by Gasteiger charge is 2.24. The average molecular weight is 277 g/mol. The van der Waals surface area contributed by atoms with Crippen molar-refractivity contribution < 1.29 is 14.7 Å². The van der Waals surface area contributed by atoms with Gasteiger partial charge in [-0.2, -0.15) is 0 Å². The van der Waals surface area contributed by atoms with Crippen LogP contribution in [0.3, 0.4) is 0 Å². The van der Waals surface area contributed by atoms with Crippen LogP contribution in [0.15, 0.2) is 30.3 Å². The van der Waals surface area contributed by atoms with Gasteiger partial charge in [-0.05, 0) is 17.9 Å². The second-order valence-electron chi connectivity index (χ2n) is 5.54. The average Bonchev–Trinajstić information content (AvgIpc) is 2.96.